The average molecular weight is 238 g/mol. The molecule has 0 aliphatic rings. The molecule has 0 saturated heterocycles. The number of hydrogen-bond donors (Lipinski definition) is 2. The van der Waals surface area contributed by atoms with Gasteiger partial charge in [-0.3, -0.25) is 0 Å². The van der Waals surface area contributed by atoms with Crippen molar-refractivity contribution >= 4 is 22.6 Å². The monoisotopic (exact) mass is 237 g/mol. The van der Waals surface area contributed by atoms with Gasteiger partial charge in [-0.05, 0) is 18.6 Å². The van der Waals surface area contributed by atoms with Crippen LogP contribution in [0.2, 0.25) is 5.02 Å². The molecule has 2 rings (SSSR count). The molecule has 0 amide bonds. The second kappa shape index (κ2) is 4.85. The van der Waals surface area contributed by atoms with E-state index in [0.29, 0.717) is 5.02 Å². The summed E-state index contributed by atoms with van der Waals surface area (Å²) in [5, 5.41) is 0.669. The molecule has 2 aromatic rings. The summed E-state index contributed by atoms with van der Waals surface area (Å²) in [6.07, 6.45) is 3.22. The number of para-hydroxylation sites is 1. The van der Waals surface area contributed by atoms with Crippen molar-refractivity contribution in [3.8, 4) is 0 Å². The molecule has 0 aliphatic heterocycles. The van der Waals surface area contributed by atoms with Gasteiger partial charge in [-0.2, -0.15) is 0 Å². The fraction of sp³-hybridized carbons (Fsp3) is 0.417. The number of fused-ring (bicyclic) bond motifs is 1. The lowest BCUT2D eigenvalue weighted by Gasteiger charge is -2.06. The highest BCUT2D eigenvalue weighted by atomic mass is 35.5. The number of benzene rings is 1. The Morgan fingerprint density at radius 2 is 2.31 bits per heavy atom. The van der Waals surface area contributed by atoms with Crippen molar-refractivity contribution in [2.24, 2.45) is 5.73 Å². The molecule has 0 radical (unpaired) electrons. The van der Waals surface area contributed by atoms with E-state index in [2.05, 4.69) is 16.9 Å². The van der Waals surface area contributed by atoms with Crippen LogP contribution in [0, 0.1) is 0 Å². The van der Waals surface area contributed by atoms with Crippen molar-refractivity contribution in [1.82, 2.24) is 9.97 Å². The molecule has 0 aliphatic carbocycles. The standard InChI is InChI=1S/C12H16ClN3/c1-2-3-6-9(14)12-15-10-7-4-5-8(13)11(10)16-12/h4-5,7,9H,2-3,6,14H2,1H3,(H,15,16). The molecule has 0 spiro atoms. The zero-order valence-corrected chi connectivity index (χ0v) is 10.1. The number of imidazole rings is 1. The lowest BCUT2D eigenvalue weighted by molar-refractivity contribution is 0.581. The van der Waals surface area contributed by atoms with Gasteiger partial charge in [-0.25, -0.2) is 4.98 Å². The van der Waals surface area contributed by atoms with Gasteiger partial charge >= 0.3 is 0 Å². The maximum absolute atomic E-state index is 6.06. The molecule has 1 heterocycles. The number of unbranched alkanes of at least 4 members (excludes halogenated alkanes) is 1. The summed E-state index contributed by atoms with van der Waals surface area (Å²) in [6.45, 7) is 2.15. The van der Waals surface area contributed by atoms with Crippen molar-refractivity contribution < 1.29 is 0 Å². The number of halogens is 1. The molecule has 1 unspecified atom stereocenters. The van der Waals surface area contributed by atoms with E-state index in [1.54, 1.807) is 0 Å². The van der Waals surface area contributed by atoms with Crippen LogP contribution in [0.5, 0.6) is 0 Å². The van der Waals surface area contributed by atoms with Gasteiger partial charge in [0.25, 0.3) is 0 Å². The summed E-state index contributed by atoms with van der Waals surface area (Å²) in [6, 6.07) is 5.68. The Morgan fingerprint density at radius 3 is 3.00 bits per heavy atom. The minimum Gasteiger partial charge on any atom is -0.341 e. The minimum atomic E-state index is -0.0246. The molecule has 16 heavy (non-hydrogen) atoms. The van der Waals surface area contributed by atoms with E-state index >= 15 is 0 Å². The van der Waals surface area contributed by atoms with E-state index in [0.717, 1.165) is 36.1 Å². The first-order chi connectivity index (χ1) is 7.72. The highest BCUT2D eigenvalue weighted by molar-refractivity contribution is 6.34. The first-order valence-electron chi connectivity index (χ1n) is 5.62. The van der Waals surface area contributed by atoms with Crippen LogP contribution in [0.15, 0.2) is 18.2 Å². The van der Waals surface area contributed by atoms with Crippen molar-refractivity contribution in [1.29, 1.82) is 0 Å². The summed E-state index contributed by atoms with van der Waals surface area (Å²) >= 11 is 6.06. The Balaban J connectivity index is 2.29. The van der Waals surface area contributed by atoms with Crippen LogP contribution in [-0.2, 0) is 0 Å². The number of nitrogens with two attached hydrogens (primary N) is 1. The molecule has 86 valence electrons. The van der Waals surface area contributed by atoms with Crippen LogP contribution in [-0.4, -0.2) is 9.97 Å². The quantitative estimate of drug-likeness (QED) is 0.856. The predicted molar refractivity (Wildman–Crippen MR) is 67.6 cm³/mol. The molecule has 0 fully saturated rings. The summed E-state index contributed by atoms with van der Waals surface area (Å²) in [7, 11) is 0. The molecular formula is C12H16ClN3. The molecule has 0 bridgehead atoms. The number of rotatable bonds is 4. The third-order valence-electron chi connectivity index (χ3n) is 2.70. The number of aromatic amines is 1. The number of aromatic nitrogens is 2. The van der Waals surface area contributed by atoms with E-state index in [4.69, 9.17) is 17.3 Å². The van der Waals surface area contributed by atoms with Crippen molar-refractivity contribution in [3.63, 3.8) is 0 Å². The maximum Gasteiger partial charge on any atom is 0.124 e. The molecule has 4 heteroatoms. The molecule has 3 nitrogen and oxygen atoms in total. The topological polar surface area (TPSA) is 54.7 Å². The largest absolute Gasteiger partial charge is 0.341 e. The summed E-state index contributed by atoms with van der Waals surface area (Å²) < 4.78 is 0. The molecular weight excluding hydrogens is 222 g/mol. The Labute approximate surface area is 100 Å². The fourth-order valence-corrected chi connectivity index (χ4v) is 1.97. The Hall–Kier alpha value is -1.06. The van der Waals surface area contributed by atoms with Gasteiger partial charge in [-0.15, -0.1) is 0 Å². The number of nitrogens with zero attached hydrogens (tertiary/aromatic N) is 1. The second-order valence-corrected chi connectivity index (χ2v) is 4.41. The van der Waals surface area contributed by atoms with Crippen molar-refractivity contribution in [3.05, 3.63) is 29.0 Å². The Kier molecular flexibility index (Phi) is 3.46. The highest BCUT2D eigenvalue weighted by Crippen LogP contribution is 2.23. The van der Waals surface area contributed by atoms with E-state index in [1.165, 1.54) is 0 Å². The third kappa shape index (κ3) is 2.20. The minimum absolute atomic E-state index is 0.0246. The van der Waals surface area contributed by atoms with Gasteiger partial charge in [0, 0.05) is 0 Å². The number of H-pyrrole nitrogens is 1. The highest BCUT2D eigenvalue weighted by Gasteiger charge is 2.11. The lowest BCUT2D eigenvalue weighted by atomic mass is 10.1. The van der Waals surface area contributed by atoms with E-state index in [1.807, 2.05) is 18.2 Å². The molecule has 1 aromatic carbocycles. The molecule has 1 atom stereocenters. The number of nitrogens with one attached hydrogen (secondary N) is 1. The Bertz CT molecular complexity index is 478. The van der Waals surface area contributed by atoms with Gasteiger partial charge in [0.1, 0.15) is 11.3 Å². The Morgan fingerprint density at radius 1 is 1.50 bits per heavy atom. The van der Waals surface area contributed by atoms with Gasteiger partial charge in [0.05, 0.1) is 16.6 Å². The van der Waals surface area contributed by atoms with E-state index in [-0.39, 0.29) is 6.04 Å². The van der Waals surface area contributed by atoms with Crippen molar-refractivity contribution in [2.75, 3.05) is 0 Å². The average Bonchev–Trinajstić information content (AvgIpc) is 2.71. The predicted octanol–water partition coefficient (Wildman–Crippen LogP) is 3.41. The molecule has 1 aromatic heterocycles. The SMILES string of the molecule is CCCCC(N)c1nc2c(Cl)cccc2[nH]1. The zero-order chi connectivity index (χ0) is 11.5. The first-order valence-corrected chi connectivity index (χ1v) is 6.00. The van der Waals surface area contributed by atoms with E-state index in [9.17, 15) is 0 Å². The van der Waals surface area contributed by atoms with E-state index < -0.39 is 0 Å². The summed E-state index contributed by atoms with van der Waals surface area (Å²) in [4.78, 5) is 7.68. The molecule has 0 saturated carbocycles. The van der Waals surface area contributed by atoms with Gasteiger partial charge in [-0.1, -0.05) is 37.4 Å². The normalized spacial score (nSPS) is 13.2. The third-order valence-corrected chi connectivity index (χ3v) is 3.01. The van der Waals surface area contributed by atoms with Crippen LogP contribution in [0.4, 0.5) is 0 Å². The number of hydrogen-bond acceptors (Lipinski definition) is 2. The van der Waals surface area contributed by atoms with Gasteiger partial charge in [0.15, 0.2) is 0 Å². The maximum atomic E-state index is 6.06. The lowest BCUT2D eigenvalue weighted by Crippen LogP contribution is -2.11. The van der Waals surface area contributed by atoms with Crippen LogP contribution in [0.1, 0.15) is 38.1 Å². The molecule has 3 N–H and O–H groups in total. The van der Waals surface area contributed by atoms with Crippen LogP contribution >= 0.6 is 11.6 Å². The van der Waals surface area contributed by atoms with Gasteiger partial charge in [0.2, 0.25) is 0 Å². The first kappa shape index (κ1) is 11.4. The van der Waals surface area contributed by atoms with Crippen LogP contribution < -0.4 is 5.73 Å². The van der Waals surface area contributed by atoms with Crippen LogP contribution in [0.3, 0.4) is 0 Å². The van der Waals surface area contributed by atoms with Gasteiger partial charge < -0.3 is 10.7 Å². The smallest absolute Gasteiger partial charge is 0.124 e. The fourth-order valence-electron chi connectivity index (χ4n) is 1.75. The van der Waals surface area contributed by atoms with Crippen molar-refractivity contribution in [2.45, 2.75) is 32.2 Å². The second-order valence-electron chi connectivity index (χ2n) is 4.01. The summed E-state index contributed by atoms with van der Waals surface area (Å²) in [5.41, 5.74) is 7.82. The zero-order valence-electron chi connectivity index (χ0n) is 9.33. The summed E-state index contributed by atoms with van der Waals surface area (Å²) in [5.74, 6) is 0.830. The van der Waals surface area contributed by atoms with Crippen LogP contribution in [0.25, 0.3) is 11.0 Å².